The van der Waals surface area contributed by atoms with Crippen LogP contribution in [0.4, 0.5) is 19.9 Å². The molecule has 198 valence electrons. The summed E-state index contributed by atoms with van der Waals surface area (Å²) in [6.07, 6.45) is 1.65. The Morgan fingerprint density at radius 2 is 2.00 bits per heavy atom. The van der Waals surface area contributed by atoms with E-state index in [1.54, 1.807) is 16.5 Å². The molecule has 2 aliphatic heterocycles. The van der Waals surface area contributed by atoms with Crippen LogP contribution >= 0.6 is 33.9 Å². The summed E-state index contributed by atoms with van der Waals surface area (Å²) in [4.78, 5) is 33.0. The zero-order valence-corrected chi connectivity index (χ0v) is 23.7. The number of amides is 1. The Labute approximate surface area is 240 Å². The van der Waals surface area contributed by atoms with Crippen molar-refractivity contribution in [3.05, 3.63) is 85.6 Å². The quantitative estimate of drug-likeness (QED) is 0.300. The lowest BCUT2D eigenvalue weighted by Crippen LogP contribution is -2.51. The largest absolute Gasteiger partial charge is 0.334 e. The predicted octanol–water partition coefficient (Wildman–Crippen LogP) is 5.01. The van der Waals surface area contributed by atoms with E-state index in [2.05, 4.69) is 48.2 Å². The van der Waals surface area contributed by atoms with Crippen molar-refractivity contribution in [2.24, 2.45) is 4.99 Å². The molecular formula is C27H22F2IN7OS. The van der Waals surface area contributed by atoms with E-state index >= 15 is 0 Å². The van der Waals surface area contributed by atoms with E-state index in [0.717, 1.165) is 15.7 Å². The monoisotopic (exact) mass is 657 g/mol. The van der Waals surface area contributed by atoms with E-state index in [0.29, 0.717) is 46.7 Å². The van der Waals surface area contributed by atoms with Gasteiger partial charge < -0.3 is 15.5 Å². The molecule has 12 heteroatoms. The highest BCUT2D eigenvalue weighted by Crippen LogP contribution is 2.34. The van der Waals surface area contributed by atoms with Crippen molar-refractivity contribution in [3.63, 3.8) is 0 Å². The number of hydrogen-bond acceptors (Lipinski definition) is 8. The van der Waals surface area contributed by atoms with Crippen molar-refractivity contribution >= 4 is 56.6 Å². The molecule has 0 radical (unpaired) electrons. The fourth-order valence-corrected chi connectivity index (χ4v) is 5.90. The van der Waals surface area contributed by atoms with Crippen LogP contribution in [-0.2, 0) is 6.54 Å². The number of nitrogens with zero attached hydrogens (tertiary/aromatic N) is 5. The number of nitrogens with one attached hydrogen (secondary N) is 2. The van der Waals surface area contributed by atoms with Crippen LogP contribution in [0.25, 0.3) is 11.3 Å². The Kier molecular flexibility index (Phi) is 7.08. The molecule has 2 aromatic heterocycles. The average molecular weight is 657 g/mol. The highest BCUT2D eigenvalue weighted by Gasteiger charge is 2.26. The van der Waals surface area contributed by atoms with Crippen molar-refractivity contribution in [3.8, 4) is 11.3 Å². The summed E-state index contributed by atoms with van der Waals surface area (Å²) >= 11 is 3.46. The summed E-state index contributed by atoms with van der Waals surface area (Å²) in [5, 5.41) is 8.65. The molecule has 39 heavy (non-hydrogen) atoms. The van der Waals surface area contributed by atoms with Crippen molar-refractivity contribution in [2.45, 2.75) is 19.5 Å². The Bertz CT molecular complexity index is 1610. The van der Waals surface area contributed by atoms with Gasteiger partial charge in [0.2, 0.25) is 5.95 Å². The Hall–Kier alpha value is -3.36. The maximum absolute atomic E-state index is 14.8. The number of rotatable bonds is 4. The van der Waals surface area contributed by atoms with Gasteiger partial charge in [0.25, 0.3) is 5.91 Å². The van der Waals surface area contributed by atoms with Crippen LogP contribution in [0.3, 0.4) is 0 Å². The first-order valence-corrected chi connectivity index (χ1v) is 14.2. The summed E-state index contributed by atoms with van der Waals surface area (Å²) in [5.41, 5.74) is 3.04. The van der Waals surface area contributed by atoms with Gasteiger partial charge in [-0.15, -0.1) is 11.3 Å². The Morgan fingerprint density at radius 3 is 2.79 bits per heavy atom. The number of halogens is 3. The van der Waals surface area contributed by atoms with Crippen molar-refractivity contribution < 1.29 is 13.6 Å². The third-order valence-electron chi connectivity index (χ3n) is 6.56. The molecule has 4 aromatic rings. The lowest BCUT2D eigenvalue weighted by atomic mass is 9.95. The third kappa shape index (κ3) is 5.15. The number of fused-ring (bicyclic) bond motifs is 3. The molecule has 8 nitrogen and oxygen atoms in total. The van der Waals surface area contributed by atoms with Gasteiger partial charge in [0.15, 0.2) is 5.13 Å². The van der Waals surface area contributed by atoms with Crippen LogP contribution in [0.15, 0.2) is 53.0 Å². The first-order chi connectivity index (χ1) is 18.9. The number of hydrogen-bond donors (Lipinski definition) is 2. The molecular weight excluding hydrogens is 635 g/mol. The van der Waals surface area contributed by atoms with E-state index in [1.807, 2.05) is 25.1 Å². The molecule has 2 N–H and O–H groups in total. The molecule has 1 fully saturated rings. The molecule has 4 heterocycles. The molecule has 2 aliphatic rings. The maximum Gasteiger partial charge on any atom is 0.273 e. The fourth-order valence-electron chi connectivity index (χ4n) is 4.73. The molecule has 0 spiro atoms. The molecule has 1 atom stereocenters. The number of carbonyl (C=O) groups excluding carboxylic acids is 1. The zero-order chi connectivity index (χ0) is 27.1. The van der Waals surface area contributed by atoms with Gasteiger partial charge in [0.1, 0.15) is 17.3 Å². The fraction of sp³-hybridized carbons (Fsp3) is 0.222. The lowest BCUT2D eigenvalue weighted by Gasteiger charge is -2.31. The number of anilines is 2. The molecule has 0 bridgehead atoms. The van der Waals surface area contributed by atoms with Gasteiger partial charge in [-0.25, -0.2) is 23.7 Å². The summed E-state index contributed by atoms with van der Waals surface area (Å²) in [5.74, 6) is -1.17. The second-order valence-corrected chi connectivity index (χ2v) is 11.4. The van der Waals surface area contributed by atoms with Gasteiger partial charge in [-0.3, -0.25) is 9.79 Å². The van der Waals surface area contributed by atoms with Crippen LogP contribution in [-0.4, -0.2) is 57.1 Å². The van der Waals surface area contributed by atoms with Crippen molar-refractivity contribution in [1.82, 2.24) is 25.2 Å². The minimum atomic E-state index is -0.678. The van der Waals surface area contributed by atoms with Crippen molar-refractivity contribution in [1.29, 1.82) is 0 Å². The van der Waals surface area contributed by atoms with Crippen LogP contribution < -0.4 is 10.6 Å². The van der Waals surface area contributed by atoms with E-state index in [1.165, 1.54) is 29.5 Å². The Balaban J connectivity index is 1.32. The SMILES string of the molecule is C[C@@H]1CN(C(=O)c2csc(Nc3ncc4c(n3)-c3ccc(I)cc3C(c3c(F)cccc3F)=NC4)n2)CCN1. The molecule has 0 unspecified atom stereocenters. The number of piperazine rings is 1. The molecule has 2 aromatic carbocycles. The second-order valence-electron chi connectivity index (χ2n) is 9.29. The topological polar surface area (TPSA) is 95.4 Å². The second kappa shape index (κ2) is 10.7. The first kappa shape index (κ1) is 25.9. The summed E-state index contributed by atoms with van der Waals surface area (Å²) in [6.45, 7) is 4.22. The number of carbonyl (C=O) groups is 1. The highest BCUT2D eigenvalue weighted by atomic mass is 127. The number of aromatic nitrogens is 3. The van der Waals surface area contributed by atoms with Gasteiger partial charge in [-0.05, 0) is 53.8 Å². The highest BCUT2D eigenvalue weighted by molar-refractivity contribution is 14.1. The number of aliphatic imine (C=N–C) groups is 1. The number of benzene rings is 2. The first-order valence-electron chi connectivity index (χ1n) is 12.3. The van der Waals surface area contributed by atoms with E-state index in [9.17, 15) is 13.6 Å². The average Bonchev–Trinajstić information content (AvgIpc) is 3.32. The van der Waals surface area contributed by atoms with Crippen molar-refractivity contribution in [2.75, 3.05) is 25.0 Å². The minimum Gasteiger partial charge on any atom is -0.334 e. The van der Waals surface area contributed by atoms with Gasteiger partial charge >= 0.3 is 0 Å². The van der Waals surface area contributed by atoms with Crippen LogP contribution in [0.1, 0.15) is 34.1 Å². The van der Waals surface area contributed by atoms with E-state index in [-0.39, 0.29) is 29.8 Å². The van der Waals surface area contributed by atoms with E-state index in [4.69, 9.17) is 4.98 Å². The lowest BCUT2D eigenvalue weighted by molar-refractivity contribution is 0.0704. The smallest absolute Gasteiger partial charge is 0.273 e. The number of thiazole rings is 1. The maximum atomic E-state index is 14.8. The summed E-state index contributed by atoms with van der Waals surface area (Å²) in [6, 6.07) is 9.66. The standard InChI is InChI=1S/C27H22F2IN7OS/c1-14-12-37(8-7-31-14)25(38)21-13-39-27(34-21)36-26-33-11-15-10-32-24(22-19(28)3-2-4-20(22)29)18-9-16(30)5-6-17(18)23(15)35-26/h2-6,9,11,13-14,31H,7-8,10,12H2,1H3,(H,33,34,35,36)/t14-/m1/s1. The zero-order valence-electron chi connectivity index (χ0n) is 20.7. The molecule has 0 saturated carbocycles. The van der Waals surface area contributed by atoms with E-state index < -0.39 is 11.6 Å². The van der Waals surface area contributed by atoms with Gasteiger partial charge in [0.05, 0.1) is 23.5 Å². The van der Waals surface area contributed by atoms with Gasteiger partial charge in [0, 0.05) is 57.5 Å². The molecule has 1 saturated heterocycles. The normalized spacial score (nSPS) is 16.7. The van der Waals surface area contributed by atoms with Crippen LogP contribution in [0, 0.1) is 15.2 Å². The van der Waals surface area contributed by atoms with Gasteiger partial charge in [-0.2, -0.15) is 0 Å². The van der Waals surface area contributed by atoms with Crippen LogP contribution in [0.5, 0.6) is 0 Å². The molecule has 1 amide bonds. The minimum absolute atomic E-state index is 0.107. The Morgan fingerprint density at radius 1 is 1.18 bits per heavy atom. The predicted molar refractivity (Wildman–Crippen MR) is 155 cm³/mol. The third-order valence-corrected chi connectivity index (χ3v) is 7.99. The summed E-state index contributed by atoms with van der Waals surface area (Å²) in [7, 11) is 0. The summed E-state index contributed by atoms with van der Waals surface area (Å²) < 4.78 is 30.5. The van der Waals surface area contributed by atoms with Crippen LogP contribution in [0.2, 0.25) is 0 Å². The molecule has 6 rings (SSSR count). The van der Waals surface area contributed by atoms with Gasteiger partial charge in [-0.1, -0.05) is 12.1 Å². The molecule has 0 aliphatic carbocycles.